The van der Waals surface area contributed by atoms with Crippen LogP contribution in [-0.2, 0) is 16.0 Å². The maximum atomic E-state index is 12.2. The van der Waals surface area contributed by atoms with E-state index in [1.165, 1.54) is 24.3 Å². The highest BCUT2D eigenvalue weighted by atomic mass is 19.3. The van der Waals surface area contributed by atoms with E-state index < -0.39 is 18.4 Å². The zero-order chi connectivity index (χ0) is 18.2. The zero-order valence-corrected chi connectivity index (χ0v) is 13.1. The third-order valence-electron chi connectivity index (χ3n) is 3.01. The van der Waals surface area contributed by atoms with Crippen LogP contribution in [-0.4, -0.2) is 25.0 Å². The molecule has 0 heterocycles. The zero-order valence-electron chi connectivity index (χ0n) is 13.1. The van der Waals surface area contributed by atoms with Gasteiger partial charge in [-0.15, -0.1) is 0 Å². The molecule has 0 spiro atoms. The molecule has 0 saturated carbocycles. The summed E-state index contributed by atoms with van der Waals surface area (Å²) in [5.74, 6) is -0.515. The van der Waals surface area contributed by atoms with Gasteiger partial charge in [0.1, 0.15) is 11.5 Å². The highest BCUT2D eigenvalue weighted by Gasteiger charge is 2.08. The molecular weight excluding hydrogens is 334 g/mol. The first-order chi connectivity index (χ1) is 11.9. The fraction of sp³-hybridized carbons (Fsp3) is 0.176. The normalized spacial score (nSPS) is 10.4. The molecule has 0 atom stereocenters. The molecular formula is C17H16F2N2O4. The number of benzene rings is 2. The van der Waals surface area contributed by atoms with E-state index in [9.17, 15) is 18.4 Å². The van der Waals surface area contributed by atoms with E-state index in [-0.39, 0.29) is 18.8 Å². The third kappa shape index (κ3) is 6.46. The van der Waals surface area contributed by atoms with Crippen molar-refractivity contribution in [1.29, 1.82) is 0 Å². The van der Waals surface area contributed by atoms with Gasteiger partial charge in [0, 0.05) is 11.8 Å². The van der Waals surface area contributed by atoms with E-state index in [4.69, 9.17) is 10.5 Å². The lowest BCUT2D eigenvalue weighted by atomic mass is 10.1. The SMILES string of the molecule is NC(=O)Cc1ccc(OCC(=O)Nc2cccc(OC(F)F)c2)cc1. The van der Waals surface area contributed by atoms with E-state index in [1.54, 1.807) is 24.3 Å². The molecule has 0 aromatic heterocycles. The van der Waals surface area contributed by atoms with Crippen molar-refractivity contribution >= 4 is 17.5 Å². The molecule has 0 bridgehead atoms. The molecule has 0 aliphatic carbocycles. The van der Waals surface area contributed by atoms with E-state index in [1.807, 2.05) is 0 Å². The third-order valence-corrected chi connectivity index (χ3v) is 3.01. The number of hydrogen-bond donors (Lipinski definition) is 2. The summed E-state index contributed by atoms with van der Waals surface area (Å²) in [5, 5.41) is 2.51. The minimum Gasteiger partial charge on any atom is -0.484 e. The number of nitrogens with one attached hydrogen (secondary N) is 1. The van der Waals surface area contributed by atoms with Gasteiger partial charge in [0.15, 0.2) is 6.61 Å². The topological polar surface area (TPSA) is 90.7 Å². The van der Waals surface area contributed by atoms with E-state index in [2.05, 4.69) is 10.1 Å². The fourth-order valence-electron chi connectivity index (χ4n) is 2.00. The van der Waals surface area contributed by atoms with Gasteiger partial charge in [0.2, 0.25) is 5.91 Å². The number of carbonyl (C=O) groups is 2. The lowest BCUT2D eigenvalue weighted by Gasteiger charge is -2.09. The number of ether oxygens (including phenoxy) is 2. The standard InChI is InChI=1S/C17H16F2N2O4/c18-17(19)25-14-3-1-2-12(9-14)21-16(23)10-24-13-6-4-11(5-7-13)8-15(20)22/h1-7,9,17H,8,10H2,(H2,20,22)(H,21,23). The van der Waals surface area contributed by atoms with Crippen molar-refractivity contribution in [1.82, 2.24) is 0 Å². The Morgan fingerprint density at radius 2 is 1.80 bits per heavy atom. The summed E-state index contributed by atoms with van der Waals surface area (Å²) in [5.41, 5.74) is 6.14. The van der Waals surface area contributed by atoms with Crippen LogP contribution in [0.5, 0.6) is 11.5 Å². The van der Waals surface area contributed by atoms with Crippen LogP contribution in [0.4, 0.5) is 14.5 Å². The van der Waals surface area contributed by atoms with Crippen LogP contribution in [0.1, 0.15) is 5.56 Å². The predicted octanol–water partition coefficient (Wildman–Crippen LogP) is 2.33. The van der Waals surface area contributed by atoms with E-state index in [0.29, 0.717) is 11.4 Å². The van der Waals surface area contributed by atoms with Crippen molar-refractivity contribution < 1.29 is 27.8 Å². The van der Waals surface area contributed by atoms with Gasteiger partial charge < -0.3 is 20.5 Å². The number of rotatable bonds is 8. The first-order valence-electron chi connectivity index (χ1n) is 7.27. The van der Waals surface area contributed by atoms with Crippen LogP contribution in [0.25, 0.3) is 0 Å². The van der Waals surface area contributed by atoms with Crippen LogP contribution in [0, 0.1) is 0 Å². The summed E-state index contributed by atoms with van der Waals surface area (Å²) in [7, 11) is 0. The summed E-state index contributed by atoms with van der Waals surface area (Å²) in [6, 6.07) is 12.2. The maximum Gasteiger partial charge on any atom is 0.387 e. The minimum absolute atomic E-state index is 0.0567. The molecule has 2 rings (SSSR count). The van der Waals surface area contributed by atoms with Crippen LogP contribution < -0.4 is 20.5 Å². The van der Waals surface area contributed by atoms with Gasteiger partial charge in [-0.05, 0) is 29.8 Å². The molecule has 0 radical (unpaired) electrons. The van der Waals surface area contributed by atoms with Crippen molar-refractivity contribution in [3.8, 4) is 11.5 Å². The second kappa shape index (κ2) is 8.62. The molecule has 132 valence electrons. The van der Waals surface area contributed by atoms with Gasteiger partial charge in [0.05, 0.1) is 6.42 Å². The number of alkyl halides is 2. The molecule has 6 nitrogen and oxygen atoms in total. The second-order valence-electron chi connectivity index (χ2n) is 5.03. The Labute approximate surface area is 142 Å². The summed E-state index contributed by atoms with van der Waals surface area (Å²) in [6.07, 6.45) is 0.123. The Kier molecular flexibility index (Phi) is 6.27. The highest BCUT2D eigenvalue weighted by Crippen LogP contribution is 2.19. The van der Waals surface area contributed by atoms with Crippen molar-refractivity contribution in [2.24, 2.45) is 5.73 Å². The van der Waals surface area contributed by atoms with E-state index >= 15 is 0 Å². The summed E-state index contributed by atoms with van der Waals surface area (Å²) < 4.78 is 33.9. The number of primary amides is 1. The molecule has 2 aromatic rings. The minimum atomic E-state index is -2.94. The number of nitrogens with two attached hydrogens (primary N) is 1. The molecule has 0 aliphatic heterocycles. The van der Waals surface area contributed by atoms with Crippen molar-refractivity contribution in [3.05, 3.63) is 54.1 Å². The summed E-state index contributed by atoms with van der Waals surface area (Å²) >= 11 is 0. The lowest BCUT2D eigenvalue weighted by molar-refractivity contribution is -0.118. The molecule has 0 aliphatic rings. The average Bonchev–Trinajstić information content (AvgIpc) is 2.53. The van der Waals surface area contributed by atoms with Gasteiger partial charge in [0.25, 0.3) is 5.91 Å². The lowest BCUT2D eigenvalue weighted by Crippen LogP contribution is -2.20. The Hall–Kier alpha value is -3.16. The molecule has 25 heavy (non-hydrogen) atoms. The van der Waals surface area contributed by atoms with Crippen molar-refractivity contribution in [2.75, 3.05) is 11.9 Å². The second-order valence-corrected chi connectivity index (χ2v) is 5.03. The smallest absolute Gasteiger partial charge is 0.387 e. The molecule has 8 heteroatoms. The van der Waals surface area contributed by atoms with Crippen molar-refractivity contribution in [2.45, 2.75) is 13.0 Å². The maximum absolute atomic E-state index is 12.2. The van der Waals surface area contributed by atoms with Gasteiger partial charge >= 0.3 is 6.61 Å². The number of halogens is 2. The van der Waals surface area contributed by atoms with Crippen LogP contribution >= 0.6 is 0 Å². The van der Waals surface area contributed by atoms with Gasteiger partial charge in [-0.3, -0.25) is 9.59 Å². The first-order valence-corrected chi connectivity index (χ1v) is 7.27. The molecule has 0 saturated heterocycles. The predicted molar refractivity (Wildman–Crippen MR) is 86.5 cm³/mol. The average molecular weight is 350 g/mol. The van der Waals surface area contributed by atoms with Crippen LogP contribution in [0.2, 0.25) is 0 Å². The monoisotopic (exact) mass is 350 g/mol. The van der Waals surface area contributed by atoms with Crippen LogP contribution in [0.3, 0.4) is 0 Å². The molecule has 2 amide bonds. The summed E-state index contributed by atoms with van der Waals surface area (Å²) in [6.45, 7) is -3.21. The number of carbonyl (C=O) groups excluding carboxylic acids is 2. The quantitative estimate of drug-likeness (QED) is 0.764. The number of anilines is 1. The number of amides is 2. The van der Waals surface area contributed by atoms with Gasteiger partial charge in [-0.1, -0.05) is 18.2 Å². The van der Waals surface area contributed by atoms with Gasteiger partial charge in [-0.2, -0.15) is 8.78 Å². The number of hydrogen-bond acceptors (Lipinski definition) is 4. The van der Waals surface area contributed by atoms with Crippen LogP contribution in [0.15, 0.2) is 48.5 Å². The highest BCUT2D eigenvalue weighted by molar-refractivity contribution is 5.92. The largest absolute Gasteiger partial charge is 0.484 e. The Balaban J connectivity index is 1.85. The van der Waals surface area contributed by atoms with Gasteiger partial charge in [-0.25, -0.2) is 0 Å². The first kappa shape index (κ1) is 18.2. The van der Waals surface area contributed by atoms with E-state index in [0.717, 1.165) is 5.56 Å². The molecule has 0 unspecified atom stereocenters. The Morgan fingerprint density at radius 3 is 2.44 bits per heavy atom. The Morgan fingerprint density at radius 1 is 1.08 bits per heavy atom. The Bertz CT molecular complexity index is 736. The molecule has 3 N–H and O–H groups in total. The summed E-state index contributed by atoms with van der Waals surface area (Å²) in [4.78, 5) is 22.7. The fourth-order valence-corrected chi connectivity index (χ4v) is 2.00. The molecule has 0 fully saturated rings. The van der Waals surface area contributed by atoms with Crippen molar-refractivity contribution in [3.63, 3.8) is 0 Å². The molecule has 2 aromatic carbocycles.